The van der Waals surface area contributed by atoms with Crippen LogP contribution in [0.5, 0.6) is 0 Å². The smallest absolute Gasteiger partial charge is 0.319 e. The molecule has 6 nitrogen and oxygen atoms in total. The van der Waals surface area contributed by atoms with Gasteiger partial charge >= 0.3 is 6.03 Å². The Kier molecular flexibility index (Phi) is 5.26. The van der Waals surface area contributed by atoms with Crippen LogP contribution >= 0.6 is 0 Å². The normalized spacial score (nSPS) is 10.8. The number of nitrogens with zero attached hydrogens (tertiary/aromatic N) is 2. The summed E-state index contributed by atoms with van der Waals surface area (Å²) in [7, 11) is 0. The summed E-state index contributed by atoms with van der Waals surface area (Å²) in [5.41, 5.74) is 1.49. The second-order valence-corrected chi connectivity index (χ2v) is 6.21. The summed E-state index contributed by atoms with van der Waals surface area (Å²) < 4.78 is 19.0. The highest BCUT2D eigenvalue weighted by Crippen LogP contribution is 2.25. The molecule has 0 aliphatic rings. The van der Waals surface area contributed by atoms with Gasteiger partial charge in [-0.2, -0.15) is 4.98 Å². The van der Waals surface area contributed by atoms with Crippen molar-refractivity contribution in [1.29, 1.82) is 0 Å². The molecular weight excluding hydrogens is 335 g/mol. The lowest BCUT2D eigenvalue weighted by atomic mass is 10.2. The Hall–Kier alpha value is -3.22. The Balaban J connectivity index is 1.77. The Morgan fingerprint density at radius 3 is 2.77 bits per heavy atom. The van der Waals surface area contributed by atoms with Gasteiger partial charge in [0.15, 0.2) is 0 Å². The minimum atomic E-state index is -0.431. The van der Waals surface area contributed by atoms with Crippen molar-refractivity contribution in [2.24, 2.45) is 5.92 Å². The van der Waals surface area contributed by atoms with Crippen LogP contribution < -0.4 is 10.6 Å². The predicted molar refractivity (Wildman–Crippen MR) is 97.0 cm³/mol. The molecule has 26 heavy (non-hydrogen) atoms. The molecule has 0 radical (unpaired) electrons. The number of hydrogen-bond acceptors (Lipinski definition) is 4. The quantitative estimate of drug-likeness (QED) is 0.715. The molecule has 2 amide bonds. The Labute approximate surface area is 150 Å². The molecule has 0 unspecified atom stereocenters. The van der Waals surface area contributed by atoms with Gasteiger partial charge in [-0.3, -0.25) is 0 Å². The fourth-order valence-electron chi connectivity index (χ4n) is 2.29. The molecule has 3 aromatic rings. The van der Waals surface area contributed by atoms with E-state index in [1.807, 2.05) is 13.8 Å². The molecule has 2 N–H and O–H groups in total. The summed E-state index contributed by atoms with van der Waals surface area (Å²) in [5.74, 6) is 0.351. The van der Waals surface area contributed by atoms with Crippen molar-refractivity contribution in [1.82, 2.24) is 15.5 Å². The molecule has 0 aliphatic heterocycles. The Morgan fingerprint density at radius 2 is 2.00 bits per heavy atom. The third kappa shape index (κ3) is 4.24. The van der Waals surface area contributed by atoms with Gasteiger partial charge in [0.2, 0.25) is 5.82 Å². The van der Waals surface area contributed by atoms with E-state index in [0.717, 1.165) is 0 Å². The van der Waals surface area contributed by atoms with Gasteiger partial charge in [-0.05, 0) is 30.2 Å². The van der Waals surface area contributed by atoms with E-state index in [0.29, 0.717) is 29.5 Å². The van der Waals surface area contributed by atoms with Crippen molar-refractivity contribution < 1.29 is 13.7 Å². The number of halogens is 1. The maximum absolute atomic E-state index is 13.8. The first kappa shape index (κ1) is 17.6. The molecule has 0 saturated carbocycles. The van der Waals surface area contributed by atoms with Crippen molar-refractivity contribution in [3.63, 3.8) is 0 Å². The molecule has 0 aliphatic carbocycles. The van der Waals surface area contributed by atoms with Crippen LogP contribution in [0, 0.1) is 11.7 Å². The molecule has 1 heterocycles. The number of benzene rings is 2. The summed E-state index contributed by atoms with van der Waals surface area (Å²) in [6, 6.07) is 13.0. The molecule has 3 rings (SSSR count). The molecule has 0 saturated heterocycles. The molecule has 0 atom stereocenters. The predicted octanol–water partition coefficient (Wildman–Crippen LogP) is 4.32. The number of aromatic nitrogens is 2. The number of amides is 2. The highest BCUT2D eigenvalue weighted by Gasteiger charge is 2.14. The molecule has 1 aromatic heterocycles. The van der Waals surface area contributed by atoms with Crippen LogP contribution in [0.15, 0.2) is 53.1 Å². The largest absolute Gasteiger partial charge is 0.338 e. The minimum Gasteiger partial charge on any atom is -0.338 e. The van der Waals surface area contributed by atoms with E-state index >= 15 is 0 Å². The first-order valence-electron chi connectivity index (χ1n) is 8.27. The van der Waals surface area contributed by atoms with Crippen molar-refractivity contribution in [3.8, 4) is 22.8 Å². The van der Waals surface area contributed by atoms with Crippen LogP contribution in [0.2, 0.25) is 0 Å². The molecule has 7 heteroatoms. The fourth-order valence-corrected chi connectivity index (χ4v) is 2.29. The second-order valence-electron chi connectivity index (χ2n) is 6.21. The summed E-state index contributed by atoms with van der Waals surface area (Å²) in [6.07, 6.45) is 0. The zero-order valence-electron chi connectivity index (χ0n) is 14.5. The number of rotatable bonds is 5. The lowest BCUT2D eigenvalue weighted by Gasteiger charge is -2.09. The SMILES string of the molecule is CC(C)CNC(=O)Nc1cccc(-c2noc(-c3ccccc3F)n2)c1. The molecule has 0 bridgehead atoms. The monoisotopic (exact) mass is 354 g/mol. The van der Waals surface area contributed by atoms with Gasteiger partial charge in [-0.15, -0.1) is 0 Å². The Bertz CT molecular complexity index is 908. The van der Waals surface area contributed by atoms with Gasteiger partial charge in [0.05, 0.1) is 5.56 Å². The van der Waals surface area contributed by atoms with Gasteiger partial charge in [0, 0.05) is 17.8 Å². The summed E-state index contributed by atoms with van der Waals surface area (Å²) in [4.78, 5) is 16.1. The van der Waals surface area contributed by atoms with Crippen LogP contribution in [-0.2, 0) is 0 Å². The van der Waals surface area contributed by atoms with Crippen LogP contribution in [0.1, 0.15) is 13.8 Å². The molecule has 134 valence electrons. The average Bonchev–Trinajstić information content (AvgIpc) is 3.10. The van der Waals surface area contributed by atoms with Crippen LogP contribution in [0.25, 0.3) is 22.8 Å². The van der Waals surface area contributed by atoms with Crippen LogP contribution in [0.3, 0.4) is 0 Å². The van der Waals surface area contributed by atoms with Gasteiger partial charge < -0.3 is 15.2 Å². The van der Waals surface area contributed by atoms with E-state index in [1.54, 1.807) is 42.5 Å². The standard InChI is InChI=1S/C19H19FN4O2/c1-12(2)11-21-19(25)22-14-7-5-6-13(10-14)17-23-18(26-24-17)15-8-3-4-9-16(15)20/h3-10,12H,11H2,1-2H3,(H2,21,22,25). The number of carbonyl (C=O) groups excluding carboxylic acids is 1. The highest BCUT2D eigenvalue weighted by atomic mass is 19.1. The van der Waals surface area contributed by atoms with Crippen LogP contribution in [0.4, 0.5) is 14.9 Å². The maximum Gasteiger partial charge on any atom is 0.319 e. The fraction of sp³-hybridized carbons (Fsp3) is 0.211. The van der Waals surface area contributed by atoms with E-state index in [1.165, 1.54) is 6.07 Å². The number of urea groups is 1. The summed E-state index contributed by atoms with van der Waals surface area (Å²) >= 11 is 0. The highest BCUT2D eigenvalue weighted by molar-refractivity contribution is 5.89. The maximum atomic E-state index is 13.8. The third-order valence-electron chi connectivity index (χ3n) is 3.58. The molecule has 0 spiro atoms. The van der Waals surface area contributed by atoms with E-state index in [4.69, 9.17) is 4.52 Å². The third-order valence-corrected chi connectivity index (χ3v) is 3.58. The topological polar surface area (TPSA) is 80.0 Å². The van der Waals surface area contributed by atoms with Crippen LogP contribution in [-0.4, -0.2) is 22.7 Å². The lowest BCUT2D eigenvalue weighted by molar-refractivity contribution is 0.251. The van der Waals surface area contributed by atoms with Gasteiger partial charge in [0.25, 0.3) is 5.89 Å². The molecule has 0 fully saturated rings. The number of anilines is 1. The van der Waals surface area contributed by atoms with Gasteiger partial charge in [-0.1, -0.05) is 43.3 Å². The van der Waals surface area contributed by atoms with Crippen molar-refractivity contribution in [3.05, 3.63) is 54.3 Å². The Morgan fingerprint density at radius 1 is 1.19 bits per heavy atom. The zero-order chi connectivity index (χ0) is 18.5. The number of nitrogens with one attached hydrogen (secondary N) is 2. The summed E-state index contributed by atoms with van der Waals surface area (Å²) in [5, 5.41) is 9.44. The molecule has 2 aromatic carbocycles. The van der Waals surface area contributed by atoms with Crippen molar-refractivity contribution >= 4 is 11.7 Å². The van der Waals surface area contributed by atoms with Crippen molar-refractivity contribution in [2.45, 2.75) is 13.8 Å². The number of carbonyl (C=O) groups is 1. The van der Waals surface area contributed by atoms with Crippen molar-refractivity contribution in [2.75, 3.05) is 11.9 Å². The zero-order valence-corrected chi connectivity index (χ0v) is 14.5. The van der Waals surface area contributed by atoms with Gasteiger partial charge in [0.1, 0.15) is 5.82 Å². The summed E-state index contributed by atoms with van der Waals surface area (Å²) in [6.45, 7) is 4.62. The minimum absolute atomic E-state index is 0.103. The van der Waals surface area contributed by atoms with E-state index in [2.05, 4.69) is 20.8 Å². The molecular formula is C19H19FN4O2. The van der Waals surface area contributed by atoms with E-state index in [-0.39, 0.29) is 17.5 Å². The van der Waals surface area contributed by atoms with Gasteiger partial charge in [-0.25, -0.2) is 9.18 Å². The average molecular weight is 354 g/mol. The van der Waals surface area contributed by atoms with E-state index in [9.17, 15) is 9.18 Å². The lowest BCUT2D eigenvalue weighted by Crippen LogP contribution is -2.31. The first-order valence-corrected chi connectivity index (χ1v) is 8.27. The first-order chi connectivity index (χ1) is 12.5. The van der Waals surface area contributed by atoms with E-state index < -0.39 is 5.82 Å². The second kappa shape index (κ2) is 7.77. The number of hydrogen-bond donors (Lipinski definition) is 2.